The van der Waals surface area contributed by atoms with E-state index >= 15 is 0 Å². The van der Waals surface area contributed by atoms with E-state index in [1.54, 1.807) is 0 Å². The van der Waals surface area contributed by atoms with E-state index in [-0.39, 0.29) is 6.23 Å². The second-order valence-corrected chi connectivity index (χ2v) is 6.50. The monoisotopic (exact) mass is 364 g/mol. The van der Waals surface area contributed by atoms with Crippen LogP contribution >= 0.6 is 0 Å². The minimum Gasteiger partial charge on any atom is -0.491 e. The minimum absolute atomic E-state index is 0.350. The van der Waals surface area contributed by atoms with E-state index in [1.165, 1.54) is 0 Å². The third kappa shape index (κ3) is 6.84. The lowest BCUT2D eigenvalue weighted by Gasteiger charge is -2.27. The molecule has 1 saturated heterocycles. The molecule has 2 rings (SSSR count). The minimum atomic E-state index is -0.478. The summed E-state index contributed by atoms with van der Waals surface area (Å²) in [5.41, 5.74) is 0.628. The zero-order valence-electron chi connectivity index (χ0n) is 16.0. The van der Waals surface area contributed by atoms with Crippen molar-refractivity contribution in [2.45, 2.75) is 52.2 Å². The van der Waals surface area contributed by atoms with Crippen LogP contribution in [0.15, 0.2) is 24.3 Å². The Morgan fingerprint density at radius 1 is 1.15 bits per heavy atom. The first kappa shape index (κ1) is 20.5. The summed E-state index contributed by atoms with van der Waals surface area (Å²) in [7, 11) is 0. The molecule has 1 fully saturated rings. The lowest BCUT2D eigenvalue weighted by Crippen LogP contribution is -2.41. The molecule has 6 nitrogen and oxygen atoms in total. The van der Waals surface area contributed by atoms with Crippen molar-refractivity contribution in [3.63, 3.8) is 0 Å². The average molecular weight is 364 g/mol. The molecule has 1 unspecified atom stereocenters. The molecule has 0 aromatic heterocycles. The Hall–Kier alpha value is -1.79. The third-order valence-electron chi connectivity index (χ3n) is 4.28. The highest BCUT2D eigenvalue weighted by Crippen LogP contribution is 2.24. The summed E-state index contributed by atoms with van der Waals surface area (Å²) in [5.74, 6) is 0.665. The molecule has 0 aliphatic carbocycles. The van der Waals surface area contributed by atoms with Crippen molar-refractivity contribution in [3.05, 3.63) is 24.3 Å². The van der Waals surface area contributed by atoms with Crippen molar-refractivity contribution in [3.8, 4) is 5.75 Å². The molecule has 1 amide bonds. The summed E-state index contributed by atoms with van der Waals surface area (Å²) in [5, 5.41) is 2.81. The molecule has 6 heteroatoms. The first-order valence-electron chi connectivity index (χ1n) is 9.75. The van der Waals surface area contributed by atoms with Crippen LogP contribution in [-0.4, -0.2) is 50.1 Å². The van der Waals surface area contributed by atoms with Gasteiger partial charge >= 0.3 is 6.09 Å². The molecule has 0 radical (unpaired) electrons. The van der Waals surface area contributed by atoms with Gasteiger partial charge in [0.25, 0.3) is 0 Å². The van der Waals surface area contributed by atoms with Gasteiger partial charge in [-0.05, 0) is 37.8 Å². The highest BCUT2D eigenvalue weighted by Gasteiger charge is 2.25. The Kier molecular flexibility index (Phi) is 9.28. The number of ether oxygens (including phenoxy) is 3. The van der Waals surface area contributed by atoms with E-state index in [0.717, 1.165) is 45.2 Å². The largest absolute Gasteiger partial charge is 0.491 e. The molecule has 0 spiro atoms. The summed E-state index contributed by atoms with van der Waals surface area (Å²) >= 11 is 0. The fourth-order valence-corrected chi connectivity index (χ4v) is 2.86. The van der Waals surface area contributed by atoms with Crippen LogP contribution < -0.4 is 10.1 Å². The zero-order valence-corrected chi connectivity index (χ0v) is 16.0. The van der Waals surface area contributed by atoms with Crippen molar-refractivity contribution < 1.29 is 19.0 Å². The van der Waals surface area contributed by atoms with Gasteiger partial charge in [0, 0.05) is 19.7 Å². The molecule has 1 aliphatic rings. The SMILES string of the molecule is CCCCOc1ccccc1NC(=O)OC(COCCC)N1CCCC1. The van der Waals surface area contributed by atoms with Crippen LogP contribution in [0.5, 0.6) is 5.75 Å². The second-order valence-electron chi connectivity index (χ2n) is 6.50. The van der Waals surface area contributed by atoms with Crippen molar-refractivity contribution >= 4 is 11.8 Å². The highest BCUT2D eigenvalue weighted by molar-refractivity contribution is 5.86. The highest BCUT2D eigenvalue weighted by atomic mass is 16.6. The second kappa shape index (κ2) is 11.8. The predicted molar refractivity (Wildman–Crippen MR) is 103 cm³/mol. The smallest absolute Gasteiger partial charge is 0.413 e. The number of hydrogen-bond acceptors (Lipinski definition) is 5. The van der Waals surface area contributed by atoms with E-state index in [9.17, 15) is 4.79 Å². The molecule has 1 aromatic rings. The molecular weight excluding hydrogens is 332 g/mol. The standard InChI is InChI=1S/C20H32N2O4/c1-3-5-15-25-18-11-7-6-10-17(18)21-20(23)26-19(16-24-14-4-2)22-12-8-9-13-22/h6-7,10-11,19H,3-5,8-9,12-16H2,1-2H3,(H,21,23). The van der Waals surface area contributed by atoms with Gasteiger partial charge in [-0.3, -0.25) is 10.2 Å². The fourth-order valence-electron chi connectivity index (χ4n) is 2.86. The number of amides is 1. The van der Waals surface area contributed by atoms with Gasteiger partial charge in [-0.2, -0.15) is 0 Å². The summed E-state index contributed by atoms with van der Waals surface area (Å²) in [6.45, 7) is 7.75. The first-order valence-corrected chi connectivity index (χ1v) is 9.75. The number of carbonyl (C=O) groups is 1. The summed E-state index contributed by atoms with van der Waals surface area (Å²) < 4.78 is 17.0. The van der Waals surface area contributed by atoms with E-state index in [1.807, 2.05) is 24.3 Å². The van der Waals surface area contributed by atoms with E-state index in [2.05, 4.69) is 24.1 Å². The number of nitrogens with one attached hydrogen (secondary N) is 1. The summed E-state index contributed by atoms with van der Waals surface area (Å²) in [6, 6.07) is 7.43. The summed E-state index contributed by atoms with van der Waals surface area (Å²) in [6.07, 6.45) is 4.41. The number of para-hydroxylation sites is 2. The van der Waals surface area contributed by atoms with Gasteiger partial charge in [-0.1, -0.05) is 32.4 Å². The van der Waals surface area contributed by atoms with Gasteiger partial charge in [0.1, 0.15) is 5.75 Å². The molecular formula is C20H32N2O4. The zero-order chi connectivity index (χ0) is 18.6. The molecule has 1 atom stereocenters. The third-order valence-corrected chi connectivity index (χ3v) is 4.28. The van der Waals surface area contributed by atoms with Crippen LogP contribution in [-0.2, 0) is 9.47 Å². The van der Waals surface area contributed by atoms with Crippen molar-refractivity contribution in [1.29, 1.82) is 0 Å². The van der Waals surface area contributed by atoms with Crippen molar-refractivity contribution in [2.75, 3.05) is 38.2 Å². The molecule has 146 valence electrons. The number of anilines is 1. The van der Waals surface area contributed by atoms with Gasteiger partial charge in [0.15, 0.2) is 6.23 Å². The molecule has 1 aliphatic heterocycles. The Bertz CT molecular complexity index is 532. The van der Waals surface area contributed by atoms with Gasteiger partial charge in [0.2, 0.25) is 0 Å². The number of likely N-dealkylation sites (tertiary alicyclic amines) is 1. The van der Waals surface area contributed by atoms with Crippen molar-refractivity contribution in [1.82, 2.24) is 4.90 Å². The van der Waals surface area contributed by atoms with Crippen molar-refractivity contribution in [2.24, 2.45) is 0 Å². The topological polar surface area (TPSA) is 60.0 Å². The number of benzene rings is 1. The van der Waals surface area contributed by atoms with Crippen LogP contribution in [0.25, 0.3) is 0 Å². The maximum Gasteiger partial charge on any atom is 0.413 e. The Morgan fingerprint density at radius 2 is 1.92 bits per heavy atom. The lowest BCUT2D eigenvalue weighted by atomic mass is 10.3. The van der Waals surface area contributed by atoms with Crippen LogP contribution in [0.3, 0.4) is 0 Å². The quantitative estimate of drug-likeness (QED) is 0.595. The van der Waals surface area contributed by atoms with Crippen LogP contribution in [0, 0.1) is 0 Å². The molecule has 0 saturated carbocycles. The van der Waals surface area contributed by atoms with E-state index in [0.29, 0.717) is 31.3 Å². The molecule has 1 N–H and O–H groups in total. The average Bonchev–Trinajstić information content (AvgIpc) is 3.17. The van der Waals surface area contributed by atoms with Gasteiger partial charge in [0.05, 0.1) is 18.9 Å². The lowest BCUT2D eigenvalue weighted by molar-refractivity contribution is -0.0529. The van der Waals surface area contributed by atoms with Gasteiger partial charge in [-0.25, -0.2) is 4.79 Å². The van der Waals surface area contributed by atoms with Gasteiger partial charge < -0.3 is 14.2 Å². The molecule has 1 heterocycles. The maximum absolute atomic E-state index is 12.4. The Morgan fingerprint density at radius 3 is 2.65 bits per heavy atom. The summed E-state index contributed by atoms with van der Waals surface area (Å²) in [4.78, 5) is 14.6. The van der Waals surface area contributed by atoms with Crippen LogP contribution in [0.4, 0.5) is 10.5 Å². The normalized spacial score (nSPS) is 15.6. The van der Waals surface area contributed by atoms with Gasteiger partial charge in [-0.15, -0.1) is 0 Å². The van der Waals surface area contributed by atoms with Crippen LogP contribution in [0.2, 0.25) is 0 Å². The molecule has 1 aromatic carbocycles. The number of nitrogens with zero attached hydrogens (tertiary/aromatic N) is 1. The van der Waals surface area contributed by atoms with E-state index < -0.39 is 6.09 Å². The number of unbranched alkanes of at least 4 members (excludes halogenated alkanes) is 1. The van der Waals surface area contributed by atoms with Crippen LogP contribution in [0.1, 0.15) is 46.0 Å². The fraction of sp³-hybridized carbons (Fsp3) is 0.650. The number of hydrogen-bond donors (Lipinski definition) is 1. The number of rotatable bonds is 11. The Balaban J connectivity index is 1.92. The first-order chi connectivity index (χ1) is 12.7. The molecule has 0 bridgehead atoms. The van der Waals surface area contributed by atoms with E-state index in [4.69, 9.17) is 14.2 Å². The number of carbonyl (C=O) groups excluding carboxylic acids is 1. The molecule has 26 heavy (non-hydrogen) atoms. The predicted octanol–water partition coefficient (Wildman–Crippen LogP) is 4.26. The maximum atomic E-state index is 12.4. The Labute approximate surface area is 156 Å².